The van der Waals surface area contributed by atoms with E-state index in [0.29, 0.717) is 6.42 Å². The van der Waals surface area contributed by atoms with Crippen molar-refractivity contribution in [1.82, 2.24) is 9.78 Å². The van der Waals surface area contributed by atoms with Crippen LogP contribution in [0, 0.1) is 0 Å². The van der Waals surface area contributed by atoms with Crippen LogP contribution in [-0.4, -0.2) is 22.7 Å². The fourth-order valence-electron chi connectivity index (χ4n) is 1.93. The van der Waals surface area contributed by atoms with E-state index in [0.717, 1.165) is 35.0 Å². The molecule has 0 saturated carbocycles. The average Bonchev–Trinajstić information content (AvgIpc) is 3.04. The summed E-state index contributed by atoms with van der Waals surface area (Å²) in [5.74, 6) is 0.858. The van der Waals surface area contributed by atoms with E-state index in [1.807, 2.05) is 23.1 Å². The van der Waals surface area contributed by atoms with Crippen LogP contribution >= 0.6 is 11.3 Å². The molecular formula is C14H18N2O2S. The van der Waals surface area contributed by atoms with E-state index in [1.54, 1.807) is 13.2 Å². The molecule has 19 heavy (non-hydrogen) atoms. The number of Topliss-reactive ketones (excluding diaryl/α,β-unsaturated/α-hetero) is 1. The van der Waals surface area contributed by atoms with E-state index in [2.05, 4.69) is 12.0 Å². The molecule has 2 rings (SSSR count). The Morgan fingerprint density at radius 1 is 1.42 bits per heavy atom. The number of aryl methyl sites for hydroxylation is 2. The predicted molar refractivity (Wildman–Crippen MR) is 76.2 cm³/mol. The lowest BCUT2D eigenvalue weighted by Gasteiger charge is -2.02. The highest BCUT2D eigenvalue weighted by Crippen LogP contribution is 2.22. The van der Waals surface area contributed by atoms with Gasteiger partial charge in [0.25, 0.3) is 0 Å². The van der Waals surface area contributed by atoms with Gasteiger partial charge in [0.2, 0.25) is 0 Å². The standard InChI is InChI=1S/C14H18N2O2S/c1-4-10-6-11(16(5-2)15-10)7-13(17)14-8-12(18-3)9-19-14/h6,8-9H,4-5,7H2,1-3H3. The Bertz CT molecular complexity index is 572. The summed E-state index contributed by atoms with van der Waals surface area (Å²) in [5.41, 5.74) is 2.02. The molecule has 0 aromatic carbocycles. The van der Waals surface area contributed by atoms with Gasteiger partial charge in [-0.3, -0.25) is 9.48 Å². The van der Waals surface area contributed by atoms with Gasteiger partial charge in [-0.25, -0.2) is 0 Å². The van der Waals surface area contributed by atoms with Crippen LogP contribution in [0.25, 0.3) is 0 Å². The van der Waals surface area contributed by atoms with E-state index in [4.69, 9.17) is 4.74 Å². The summed E-state index contributed by atoms with van der Waals surface area (Å²) >= 11 is 1.42. The van der Waals surface area contributed by atoms with E-state index < -0.39 is 0 Å². The highest BCUT2D eigenvalue weighted by atomic mass is 32.1. The van der Waals surface area contributed by atoms with Crippen molar-refractivity contribution >= 4 is 17.1 Å². The maximum absolute atomic E-state index is 12.2. The van der Waals surface area contributed by atoms with Crippen molar-refractivity contribution in [3.05, 3.63) is 33.8 Å². The summed E-state index contributed by atoms with van der Waals surface area (Å²) in [6.45, 7) is 4.89. The topological polar surface area (TPSA) is 44.1 Å². The average molecular weight is 278 g/mol. The molecule has 2 heterocycles. The predicted octanol–water partition coefficient (Wildman–Crippen LogP) is 2.96. The molecule has 0 spiro atoms. The molecule has 5 heteroatoms. The summed E-state index contributed by atoms with van der Waals surface area (Å²) in [7, 11) is 1.61. The van der Waals surface area contributed by atoms with Gasteiger partial charge in [-0.1, -0.05) is 6.92 Å². The summed E-state index contributed by atoms with van der Waals surface area (Å²) < 4.78 is 7.01. The second-order valence-electron chi connectivity index (χ2n) is 4.25. The van der Waals surface area contributed by atoms with Crippen LogP contribution in [-0.2, 0) is 19.4 Å². The molecule has 4 nitrogen and oxygen atoms in total. The van der Waals surface area contributed by atoms with E-state index >= 15 is 0 Å². The Hall–Kier alpha value is -1.62. The van der Waals surface area contributed by atoms with Gasteiger partial charge in [-0.2, -0.15) is 5.10 Å². The number of aromatic nitrogens is 2. The lowest BCUT2D eigenvalue weighted by molar-refractivity contribution is 0.0994. The summed E-state index contributed by atoms with van der Waals surface area (Å²) in [5, 5.41) is 6.31. The molecule has 0 N–H and O–H groups in total. The van der Waals surface area contributed by atoms with Crippen molar-refractivity contribution in [2.45, 2.75) is 33.2 Å². The number of carbonyl (C=O) groups is 1. The molecule has 0 aliphatic carbocycles. The molecule has 0 amide bonds. The minimum absolute atomic E-state index is 0.116. The maximum Gasteiger partial charge on any atom is 0.178 e. The number of ether oxygens (including phenoxy) is 1. The molecular weight excluding hydrogens is 260 g/mol. The Labute approximate surface area is 117 Å². The minimum atomic E-state index is 0.116. The Balaban J connectivity index is 2.16. The number of hydrogen-bond donors (Lipinski definition) is 0. The van der Waals surface area contributed by atoms with Crippen LogP contribution in [0.5, 0.6) is 5.75 Å². The summed E-state index contributed by atoms with van der Waals surface area (Å²) in [6.07, 6.45) is 1.28. The highest BCUT2D eigenvalue weighted by Gasteiger charge is 2.14. The fraction of sp³-hybridized carbons (Fsp3) is 0.429. The third-order valence-electron chi connectivity index (χ3n) is 3.00. The second kappa shape index (κ2) is 6.02. The van der Waals surface area contributed by atoms with Gasteiger partial charge in [0.1, 0.15) is 5.75 Å². The van der Waals surface area contributed by atoms with Gasteiger partial charge in [-0.15, -0.1) is 11.3 Å². The van der Waals surface area contributed by atoms with Crippen LogP contribution in [0.3, 0.4) is 0 Å². The molecule has 0 unspecified atom stereocenters. The first-order valence-electron chi connectivity index (χ1n) is 6.39. The van der Waals surface area contributed by atoms with Gasteiger partial charge >= 0.3 is 0 Å². The van der Waals surface area contributed by atoms with Crippen molar-refractivity contribution in [3.8, 4) is 5.75 Å². The van der Waals surface area contributed by atoms with E-state index in [1.165, 1.54) is 11.3 Å². The number of rotatable bonds is 6. The smallest absolute Gasteiger partial charge is 0.178 e. The van der Waals surface area contributed by atoms with Gasteiger partial charge in [0.15, 0.2) is 5.78 Å². The highest BCUT2D eigenvalue weighted by molar-refractivity contribution is 7.12. The molecule has 0 aliphatic rings. The monoisotopic (exact) mass is 278 g/mol. The largest absolute Gasteiger partial charge is 0.496 e. The van der Waals surface area contributed by atoms with Crippen molar-refractivity contribution in [2.75, 3.05) is 7.11 Å². The maximum atomic E-state index is 12.2. The van der Waals surface area contributed by atoms with Crippen molar-refractivity contribution in [2.24, 2.45) is 0 Å². The van der Waals surface area contributed by atoms with Crippen molar-refractivity contribution in [1.29, 1.82) is 0 Å². The van der Waals surface area contributed by atoms with E-state index in [9.17, 15) is 4.79 Å². The fourth-order valence-corrected chi connectivity index (χ4v) is 2.72. The Morgan fingerprint density at radius 3 is 2.79 bits per heavy atom. The quantitative estimate of drug-likeness (QED) is 0.763. The second-order valence-corrected chi connectivity index (χ2v) is 5.16. The normalized spacial score (nSPS) is 10.7. The molecule has 0 fully saturated rings. The van der Waals surface area contributed by atoms with Crippen LogP contribution in [0.4, 0.5) is 0 Å². The lowest BCUT2D eigenvalue weighted by atomic mass is 10.1. The van der Waals surface area contributed by atoms with Gasteiger partial charge in [-0.05, 0) is 19.4 Å². The van der Waals surface area contributed by atoms with Gasteiger partial charge in [0.05, 0.1) is 24.1 Å². The Kier molecular flexibility index (Phi) is 4.37. The number of carbonyl (C=O) groups excluding carboxylic acids is 1. The number of hydrogen-bond acceptors (Lipinski definition) is 4. The number of thiophene rings is 1. The number of ketones is 1. The van der Waals surface area contributed by atoms with Crippen molar-refractivity contribution < 1.29 is 9.53 Å². The van der Waals surface area contributed by atoms with Gasteiger partial charge in [0, 0.05) is 23.7 Å². The molecule has 2 aromatic rings. The molecule has 2 aromatic heterocycles. The first-order chi connectivity index (χ1) is 9.17. The SMILES string of the molecule is CCc1cc(CC(=O)c2cc(OC)cs2)n(CC)n1. The first-order valence-corrected chi connectivity index (χ1v) is 7.27. The Morgan fingerprint density at radius 2 is 2.21 bits per heavy atom. The molecule has 102 valence electrons. The molecule has 0 bridgehead atoms. The molecule has 0 radical (unpaired) electrons. The summed E-state index contributed by atoms with van der Waals surface area (Å²) in [6, 6.07) is 3.81. The minimum Gasteiger partial charge on any atom is -0.496 e. The zero-order valence-corrected chi connectivity index (χ0v) is 12.3. The molecule has 0 saturated heterocycles. The lowest BCUT2D eigenvalue weighted by Crippen LogP contribution is -2.08. The number of methoxy groups -OCH3 is 1. The number of nitrogens with zero attached hydrogens (tertiary/aromatic N) is 2. The first kappa shape index (κ1) is 13.8. The summed E-state index contributed by atoms with van der Waals surface area (Å²) in [4.78, 5) is 13.0. The van der Waals surface area contributed by atoms with Crippen LogP contribution in [0.15, 0.2) is 17.5 Å². The van der Waals surface area contributed by atoms with E-state index in [-0.39, 0.29) is 5.78 Å². The molecule has 0 atom stereocenters. The molecule has 0 aliphatic heterocycles. The zero-order chi connectivity index (χ0) is 13.8. The van der Waals surface area contributed by atoms with Crippen LogP contribution in [0.2, 0.25) is 0 Å². The van der Waals surface area contributed by atoms with Crippen molar-refractivity contribution in [3.63, 3.8) is 0 Å². The zero-order valence-electron chi connectivity index (χ0n) is 11.5. The van der Waals surface area contributed by atoms with Crippen LogP contribution < -0.4 is 4.74 Å². The van der Waals surface area contributed by atoms with Crippen LogP contribution in [0.1, 0.15) is 34.9 Å². The third-order valence-corrected chi connectivity index (χ3v) is 3.95. The van der Waals surface area contributed by atoms with Gasteiger partial charge < -0.3 is 4.74 Å². The third kappa shape index (κ3) is 3.04.